The Bertz CT molecular complexity index is 917. The second kappa shape index (κ2) is 7.69. The molecular formula is C19H20N4O3. The number of carbonyl (C=O) groups excluding carboxylic acids is 1. The summed E-state index contributed by atoms with van der Waals surface area (Å²) in [5.41, 5.74) is 1.24. The molecular weight excluding hydrogens is 332 g/mol. The van der Waals surface area contributed by atoms with Crippen LogP contribution in [-0.4, -0.2) is 29.8 Å². The molecule has 0 aliphatic heterocycles. The fourth-order valence-electron chi connectivity index (χ4n) is 2.55. The minimum Gasteiger partial charge on any atom is -0.467 e. The maximum atomic E-state index is 12.5. The Kier molecular flexibility index (Phi) is 5.17. The average Bonchev–Trinajstić information content (AvgIpc) is 3.16. The highest BCUT2D eigenvalue weighted by atomic mass is 16.3. The third kappa shape index (κ3) is 4.00. The maximum Gasteiger partial charge on any atom is 0.269 e. The Morgan fingerprint density at radius 1 is 1.23 bits per heavy atom. The monoisotopic (exact) mass is 352 g/mol. The van der Waals surface area contributed by atoms with Crippen LogP contribution in [0.5, 0.6) is 0 Å². The molecule has 0 saturated heterocycles. The number of furan rings is 1. The number of hydrogen-bond donors (Lipinski definition) is 1. The lowest BCUT2D eigenvalue weighted by molar-refractivity contribution is -0.122. The number of benzene rings is 1. The summed E-state index contributed by atoms with van der Waals surface area (Å²) < 4.78 is 6.59. The van der Waals surface area contributed by atoms with Crippen LogP contribution in [0, 0.1) is 0 Å². The summed E-state index contributed by atoms with van der Waals surface area (Å²) in [5, 5.41) is 6.97. The van der Waals surface area contributed by atoms with Gasteiger partial charge in [-0.05, 0) is 17.7 Å². The molecule has 0 aliphatic rings. The first-order valence-corrected chi connectivity index (χ1v) is 8.17. The largest absolute Gasteiger partial charge is 0.467 e. The highest BCUT2D eigenvalue weighted by molar-refractivity contribution is 5.76. The van der Waals surface area contributed by atoms with Gasteiger partial charge in [0.1, 0.15) is 18.3 Å². The van der Waals surface area contributed by atoms with Crippen LogP contribution in [0.3, 0.4) is 0 Å². The number of hydrogen-bond acceptors (Lipinski definition) is 5. The van der Waals surface area contributed by atoms with E-state index in [1.807, 2.05) is 44.4 Å². The van der Waals surface area contributed by atoms with Gasteiger partial charge >= 0.3 is 0 Å². The van der Waals surface area contributed by atoms with Crippen molar-refractivity contribution in [2.45, 2.75) is 12.6 Å². The molecule has 3 rings (SSSR count). The molecule has 134 valence electrons. The molecule has 0 spiro atoms. The Hall–Kier alpha value is -3.35. The summed E-state index contributed by atoms with van der Waals surface area (Å²) in [7, 11) is 3.64. The molecule has 1 N–H and O–H groups in total. The fourth-order valence-corrected chi connectivity index (χ4v) is 2.55. The molecule has 0 radical (unpaired) electrons. The van der Waals surface area contributed by atoms with Crippen molar-refractivity contribution in [2.24, 2.45) is 0 Å². The Balaban J connectivity index is 1.78. The molecule has 0 aliphatic carbocycles. The molecule has 2 heterocycles. The standard InChI is InChI=1S/C19H20N4O3/c1-22(2)15-11-18(25)23(20-12-15)13-17(24)21-19(16-9-6-10-26-16)14-7-4-3-5-8-14/h3-12,19H,13H2,1-2H3,(H,21,24). The predicted molar refractivity (Wildman–Crippen MR) is 98.0 cm³/mol. The number of amides is 1. The quantitative estimate of drug-likeness (QED) is 0.732. The summed E-state index contributed by atoms with van der Waals surface area (Å²) in [6, 6.07) is 14.1. The van der Waals surface area contributed by atoms with Crippen molar-refractivity contribution in [2.75, 3.05) is 19.0 Å². The van der Waals surface area contributed by atoms with Gasteiger partial charge in [-0.1, -0.05) is 30.3 Å². The van der Waals surface area contributed by atoms with Crippen molar-refractivity contribution in [1.29, 1.82) is 0 Å². The number of carbonyl (C=O) groups is 1. The topological polar surface area (TPSA) is 80.4 Å². The van der Waals surface area contributed by atoms with Crippen LogP contribution in [0.4, 0.5) is 5.69 Å². The van der Waals surface area contributed by atoms with Gasteiger partial charge in [-0.3, -0.25) is 9.59 Å². The maximum absolute atomic E-state index is 12.5. The second-order valence-electron chi connectivity index (χ2n) is 6.03. The molecule has 0 saturated carbocycles. The Morgan fingerprint density at radius 2 is 2.00 bits per heavy atom. The molecule has 7 heteroatoms. The van der Waals surface area contributed by atoms with Crippen molar-refractivity contribution in [3.8, 4) is 0 Å². The predicted octanol–water partition coefficient (Wildman–Crippen LogP) is 1.81. The van der Waals surface area contributed by atoms with Crippen LogP contribution >= 0.6 is 0 Å². The van der Waals surface area contributed by atoms with E-state index >= 15 is 0 Å². The molecule has 1 unspecified atom stereocenters. The van der Waals surface area contributed by atoms with E-state index in [1.54, 1.807) is 29.5 Å². The van der Waals surface area contributed by atoms with Gasteiger partial charge in [0.15, 0.2) is 0 Å². The van der Waals surface area contributed by atoms with E-state index in [-0.39, 0.29) is 18.0 Å². The van der Waals surface area contributed by atoms with Gasteiger partial charge in [0.25, 0.3) is 5.56 Å². The van der Waals surface area contributed by atoms with Crippen LogP contribution in [0.15, 0.2) is 70.2 Å². The zero-order chi connectivity index (χ0) is 18.5. The lowest BCUT2D eigenvalue weighted by atomic mass is 10.0. The average molecular weight is 352 g/mol. The van der Waals surface area contributed by atoms with Crippen LogP contribution < -0.4 is 15.8 Å². The van der Waals surface area contributed by atoms with Gasteiger partial charge in [0, 0.05) is 20.2 Å². The molecule has 1 atom stereocenters. The number of aromatic nitrogens is 2. The summed E-state index contributed by atoms with van der Waals surface area (Å²) >= 11 is 0. The smallest absolute Gasteiger partial charge is 0.269 e. The van der Waals surface area contributed by atoms with Crippen molar-refractivity contribution in [3.05, 3.63) is 82.7 Å². The van der Waals surface area contributed by atoms with Crippen molar-refractivity contribution < 1.29 is 9.21 Å². The summed E-state index contributed by atoms with van der Waals surface area (Å²) in [5.74, 6) is 0.287. The highest BCUT2D eigenvalue weighted by Crippen LogP contribution is 2.22. The van der Waals surface area contributed by atoms with E-state index in [4.69, 9.17) is 4.42 Å². The van der Waals surface area contributed by atoms with Gasteiger partial charge in [-0.2, -0.15) is 5.10 Å². The zero-order valence-electron chi connectivity index (χ0n) is 14.6. The van der Waals surface area contributed by atoms with Crippen LogP contribution in [-0.2, 0) is 11.3 Å². The first kappa shape index (κ1) is 17.5. The minimum atomic E-state index is -0.435. The molecule has 3 aromatic rings. The van der Waals surface area contributed by atoms with Gasteiger partial charge < -0.3 is 14.6 Å². The number of nitrogens with one attached hydrogen (secondary N) is 1. The van der Waals surface area contributed by atoms with Gasteiger partial charge in [-0.25, -0.2) is 4.68 Å². The molecule has 2 aromatic heterocycles. The number of anilines is 1. The molecule has 1 amide bonds. The van der Waals surface area contributed by atoms with E-state index in [2.05, 4.69) is 10.4 Å². The summed E-state index contributed by atoms with van der Waals surface area (Å²) in [6.45, 7) is -0.170. The lowest BCUT2D eigenvalue weighted by Crippen LogP contribution is -2.36. The fraction of sp³-hybridized carbons (Fsp3) is 0.211. The number of rotatable bonds is 6. The van der Waals surface area contributed by atoms with Crippen molar-refractivity contribution >= 4 is 11.6 Å². The number of nitrogens with zero attached hydrogens (tertiary/aromatic N) is 3. The molecule has 0 fully saturated rings. The second-order valence-corrected chi connectivity index (χ2v) is 6.03. The molecule has 0 bridgehead atoms. The van der Waals surface area contributed by atoms with E-state index < -0.39 is 6.04 Å². The lowest BCUT2D eigenvalue weighted by Gasteiger charge is -2.17. The third-order valence-electron chi connectivity index (χ3n) is 3.93. The van der Waals surface area contributed by atoms with Crippen molar-refractivity contribution in [3.63, 3.8) is 0 Å². The summed E-state index contributed by atoms with van der Waals surface area (Å²) in [6.07, 6.45) is 3.11. The van der Waals surface area contributed by atoms with Gasteiger partial charge in [0.05, 0.1) is 18.1 Å². The SMILES string of the molecule is CN(C)c1cnn(CC(=O)NC(c2ccccc2)c2ccco2)c(=O)c1. The van der Waals surface area contributed by atoms with Crippen LogP contribution in [0.2, 0.25) is 0 Å². The van der Waals surface area contributed by atoms with E-state index in [0.717, 1.165) is 10.2 Å². The minimum absolute atomic E-state index is 0.170. The Labute approximate surface area is 150 Å². The van der Waals surface area contributed by atoms with Crippen molar-refractivity contribution in [1.82, 2.24) is 15.1 Å². The van der Waals surface area contributed by atoms with Gasteiger partial charge in [0.2, 0.25) is 5.91 Å². The molecule has 7 nitrogen and oxygen atoms in total. The highest BCUT2D eigenvalue weighted by Gasteiger charge is 2.19. The first-order chi connectivity index (χ1) is 12.5. The Morgan fingerprint density at radius 3 is 2.62 bits per heavy atom. The summed E-state index contributed by atoms with van der Waals surface area (Å²) in [4.78, 5) is 26.4. The molecule has 1 aromatic carbocycles. The van der Waals surface area contributed by atoms with E-state index in [0.29, 0.717) is 11.4 Å². The first-order valence-electron chi connectivity index (χ1n) is 8.17. The van der Waals surface area contributed by atoms with Crippen LogP contribution in [0.1, 0.15) is 17.4 Å². The third-order valence-corrected chi connectivity index (χ3v) is 3.93. The normalized spacial score (nSPS) is 11.8. The van der Waals surface area contributed by atoms with Gasteiger partial charge in [-0.15, -0.1) is 0 Å². The van der Waals surface area contributed by atoms with E-state index in [9.17, 15) is 9.59 Å². The zero-order valence-corrected chi connectivity index (χ0v) is 14.6. The molecule has 26 heavy (non-hydrogen) atoms. The van der Waals surface area contributed by atoms with E-state index in [1.165, 1.54) is 6.07 Å². The van der Waals surface area contributed by atoms with Crippen LogP contribution in [0.25, 0.3) is 0 Å².